The van der Waals surface area contributed by atoms with Crippen molar-refractivity contribution in [2.24, 2.45) is 0 Å². The summed E-state index contributed by atoms with van der Waals surface area (Å²) in [6, 6.07) is 15.3. The first kappa shape index (κ1) is 23.9. The van der Waals surface area contributed by atoms with Crippen LogP contribution in [-0.2, 0) is 30.3 Å². The first-order chi connectivity index (χ1) is 14.9. The summed E-state index contributed by atoms with van der Waals surface area (Å²) in [5.41, 5.74) is 3.03. The average Bonchev–Trinajstić information content (AvgIpc) is 2.78. The second-order valence-electron chi connectivity index (χ2n) is 6.98. The number of carbonyl (C=O) groups excluding carboxylic acids is 3. The molecule has 0 aromatic heterocycles. The molecule has 0 heterocycles. The van der Waals surface area contributed by atoms with Crippen LogP contribution in [0.2, 0.25) is 0 Å². The quantitative estimate of drug-likeness (QED) is 0.554. The van der Waals surface area contributed by atoms with Gasteiger partial charge in [-0.2, -0.15) is 0 Å². The van der Waals surface area contributed by atoms with E-state index in [1.165, 1.54) is 7.11 Å². The first-order valence-corrected chi connectivity index (χ1v) is 10.2. The lowest BCUT2D eigenvalue weighted by Gasteiger charge is -2.18. The minimum atomic E-state index is -0.453. The Morgan fingerprint density at radius 3 is 2.32 bits per heavy atom. The molecule has 0 aliphatic heterocycles. The van der Waals surface area contributed by atoms with Crippen molar-refractivity contribution in [3.05, 3.63) is 54.1 Å². The molecule has 1 atom stereocenters. The van der Waals surface area contributed by atoms with Gasteiger partial charge in [-0.05, 0) is 42.2 Å². The van der Waals surface area contributed by atoms with Crippen LogP contribution < -0.4 is 10.1 Å². The number of methoxy groups -OCH3 is 2. The molecular weight excluding hydrogens is 398 g/mol. The number of benzene rings is 2. The maximum absolute atomic E-state index is 12.2. The molecule has 0 saturated carbocycles. The van der Waals surface area contributed by atoms with Gasteiger partial charge in [-0.15, -0.1) is 0 Å². The number of esters is 2. The predicted octanol–water partition coefficient (Wildman–Crippen LogP) is 3.30. The van der Waals surface area contributed by atoms with E-state index in [9.17, 15) is 14.4 Å². The second-order valence-corrected chi connectivity index (χ2v) is 6.98. The second kappa shape index (κ2) is 12.4. The third kappa shape index (κ3) is 8.12. The van der Waals surface area contributed by atoms with Crippen LogP contribution in [0.1, 0.15) is 31.7 Å². The Kier molecular flexibility index (Phi) is 9.55. The molecule has 1 amide bonds. The summed E-state index contributed by atoms with van der Waals surface area (Å²) < 4.78 is 14.9. The molecule has 1 N–H and O–H groups in total. The molecule has 0 fully saturated rings. The number of carbonyl (C=O) groups is 3. The number of nitrogens with one attached hydrogen (secondary N) is 1. The smallest absolute Gasteiger partial charge is 0.307 e. The summed E-state index contributed by atoms with van der Waals surface area (Å²) in [5.74, 6) is -0.363. The first-order valence-electron chi connectivity index (χ1n) is 10.2. The Hall–Kier alpha value is -3.35. The minimum absolute atomic E-state index is 0.000770. The summed E-state index contributed by atoms with van der Waals surface area (Å²) in [6.45, 7) is 2.01. The number of amides is 1. The third-order valence-corrected chi connectivity index (χ3v) is 4.71. The Bertz CT molecular complexity index is 878. The van der Waals surface area contributed by atoms with E-state index in [0.29, 0.717) is 6.42 Å². The molecule has 31 heavy (non-hydrogen) atoms. The predicted molar refractivity (Wildman–Crippen MR) is 117 cm³/mol. The lowest BCUT2D eigenvalue weighted by molar-refractivity contribution is -0.144. The summed E-state index contributed by atoms with van der Waals surface area (Å²) in [5, 5.41) is 2.83. The molecular formula is C24H29NO6. The van der Waals surface area contributed by atoms with E-state index in [2.05, 4.69) is 10.1 Å². The number of hydrogen-bond acceptors (Lipinski definition) is 6. The van der Waals surface area contributed by atoms with Gasteiger partial charge in [0.25, 0.3) is 0 Å². The average molecular weight is 427 g/mol. The molecule has 0 aliphatic rings. The molecule has 7 heteroatoms. The molecule has 2 aromatic rings. The number of ether oxygens (including phenoxy) is 3. The van der Waals surface area contributed by atoms with Crippen LogP contribution >= 0.6 is 0 Å². The van der Waals surface area contributed by atoms with Crippen molar-refractivity contribution in [3.8, 4) is 16.9 Å². The van der Waals surface area contributed by atoms with Crippen molar-refractivity contribution in [1.82, 2.24) is 5.32 Å². The van der Waals surface area contributed by atoms with Crippen molar-refractivity contribution >= 4 is 17.8 Å². The normalized spacial score (nSPS) is 11.3. The minimum Gasteiger partial charge on any atom is -0.497 e. The maximum Gasteiger partial charge on any atom is 0.307 e. The maximum atomic E-state index is 12.2. The van der Waals surface area contributed by atoms with Gasteiger partial charge in [0.15, 0.2) is 0 Å². The van der Waals surface area contributed by atoms with Gasteiger partial charge in [0.1, 0.15) is 5.75 Å². The zero-order chi connectivity index (χ0) is 22.6. The topological polar surface area (TPSA) is 90.9 Å². The van der Waals surface area contributed by atoms with Crippen LogP contribution in [-0.4, -0.2) is 44.7 Å². The van der Waals surface area contributed by atoms with Crippen molar-refractivity contribution in [2.45, 2.75) is 38.6 Å². The molecule has 7 nitrogen and oxygen atoms in total. The standard InChI is InChI=1S/C24H29NO6/c1-4-31-24(28)16-20(25-22(26)12-13-23(27)30-3)14-17-8-10-18(11-9-17)19-6-5-7-21(15-19)29-2/h5-11,15,20H,4,12-14,16H2,1-3H3,(H,25,26). The van der Waals surface area contributed by atoms with E-state index in [1.807, 2.05) is 48.5 Å². The van der Waals surface area contributed by atoms with Gasteiger partial charge in [-0.25, -0.2) is 0 Å². The molecule has 1 unspecified atom stereocenters. The lowest BCUT2D eigenvalue weighted by atomic mass is 9.99. The van der Waals surface area contributed by atoms with Crippen molar-refractivity contribution in [1.29, 1.82) is 0 Å². The van der Waals surface area contributed by atoms with E-state index < -0.39 is 12.0 Å². The van der Waals surface area contributed by atoms with Gasteiger partial charge in [-0.3, -0.25) is 14.4 Å². The Labute approximate surface area is 182 Å². The van der Waals surface area contributed by atoms with Crippen molar-refractivity contribution in [3.63, 3.8) is 0 Å². The van der Waals surface area contributed by atoms with Gasteiger partial charge in [-0.1, -0.05) is 36.4 Å². The summed E-state index contributed by atoms with van der Waals surface area (Å²) in [6.07, 6.45) is 0.501. The number of rotatable bonds is 11. The van der Waals surface area contributed by atoms with Crippen LogP contribution in [0.4, 0.5) is 0 Å². The molecule has 166 valence electrons. The van der Waals surface area contributed by atoms with Crippen LogP contribution in [0.15, 0.2) is 48.5 Å². The van der Waals surface area contributed by atoms with E-state index in [1.54, 1.807) is 14.0 Å². The Morgan fingerprint density at radius 2 is 1.68 bits per heavy atom. The molecule has 2 rings (SSSR count). The zero-order valence-electron chi connectivity index (χ0n) is 18.2. The van der Waals surface area contributed by atoms with Crippen LogP contribution in [0.25, 0.3) is 11.1 Å². The van der Waals surface area contributed by atoms with Gasteiger partial charge in [0.2, 0.25) is 5.91 Å². The fraction of sp³-hybridized carbons (Fsp3) is 0.375. The van der Waals surface area contributed by atoms with E-state index in [-0.39, 0.29) is 37.7 Å². The molecule has 0 aliphatic carbocycles. The van der Waals surface area contributed by atoms with Crippen molar-refractivity contribution < 1.29 is 28.6 Å². The summed E-state index contributed by atoms with van der Waals surface area (Å²) in [4.78, 5) is 35.5. The summed E-state index contributed by atoms with van der Waals surface area (Å²) >= 11 is 0. The van der Waals surface area contributed by atoms with E-state index in [0.717, 1.165) is 22.4 Å². The highest BCUT2D eigenvalue weighted by Crippen LogP contribution is 2.24. The molecule has 0 spiro atoms. The summed E-state index contributed by atoms with van der Waals surface area (Å²) in [7, 11) is 2.91. The van der Waals surface area contributed by atoms with Gasteiger partial charge in [0.05, 0.1) is 33.7 Å². The Balaban J connectivity index is 2.06. The fourth-order valence-corrected chi connectivity index (χ4v) is 3.13. The van der Waals surface area contributed by atoms with Crippen LogP contribution in [0.5, 0.6) is 5.75 Å². The van der Waals surface area contributed by atoms with Gasteiger partial charge >= 0.3 is 11.9 Å². The van der Waals surface area contributed by atoms with Crippen LogP contribution in [0.3, 0.4) is 0 Å². The fourth-order valence-electron chi connectivity index (χ4n) is 3.13. The zero-order valence-corrected chi connectivity index (χ0v) is 18.2. The Morgan fingerprint density at radius 1 is 0.935 bits per heavy atom. The monoisotopic (exact) mass is 427 g/mol. The molecule has 0 saturated heterocycles. The molecule has 0 radical (unpaired) electrons. The highest BCUT2D eigenvalue weighted by Gasteiger charge is 2.19. The number of hydrogen-bond donors (Lipinski definition) is 1. The lowest BCUT2D eigenvalue weighted by Crippen LogP contribution is -2.38. The van der Waals surface area contributed by atoms with Crippen molar-refractivity contribution in [2.75, 3.05) is 20.8 Å². The van der Waals surface area contributed by atoms with E-state index >= 15 is 0 Å². The molecule has 0 bridgehead atoms. The molecule has 2 aromatic carbocycles. The van der Waals surface area contributed by atoms with Gasteiger partial charge < -0.3 is 19.5 Å². The van der Waals surface area contributed by atoms with E-state index in [4.69, 9.17) is 9.47 Å². The highest BCUT2D eigenvalue weighted by molar-refractivity contribution is 5.82. The SMILES string of the molecule is CCOC(=O)CC(Cc1ccc(-c2cccc(OC)c2)cc1)NC(=O)CCC(=O)OC. The highest BCUT2D eigenvalue weighted by atomic mass is 16.5. The van der Waals surface area contributed by atoms with Crippen LogP contribution in [0, 0.1) is 0 Å². The third-order valence-electron chi connectivity index (χ3n) is 4.71. The largest absolute Gasteiger partial charge is 0.497 e. The van der Waals surface area contributed by atoms with Gasteiger partial charge in [0, 0.05) is 12.5 Å².